The lowest BCUT2D eigenvalue weighted by Crippen LogP contribution is -1.73. The van der Waals surface area contributed by atoms with Crippen LogP contribution in [0.3, 0.4) is 0 Å². The molecule has 0 fully saturated rings. The lowest BCUT2D eigenvalue weighted by Gasteiger charge is -1.73. The van der Waals surface area contributed by atoms with E-state index < -0.39 is 0 Å². The summed E-state index contributed by atoms with van der Waals surface area (Å²) >= 11 is 9.21. The normalized spacial score (nSPS) is 9.29. The van der Waals surface area contributed by atoms with Crippen molar-refractivity contribution in [1.82, 2.24) is 0 Å². The second-order valence-electron chi connectivity index (χ2n) is 1.11. The van der Waals surface area contributed by atoms with E-state index in [0.717, 1.165) is 4.86 Å². The minimum absolute atomic E-state index is 0.862. The third-order valence-electron chi connectivity index (χ3n) is 0.410. The lowest BCUT2D eigenvalue weighted by molar-refractivity contribution is 2.00. The molecule has 0 aromatic carbocycles. The minimum Gasteiger partial charge on any atom is -0.0887 e. The molecule has 0 nitrogen and oxygen atoms in total. The third kappa shape index (κ3) is 5.92. The van der Waals surface area contributed by atoms with E-state index in [-0.39, 0.29) is 0 Å². The summed E-state index contributed by atoms with van der Waals surface area (Å²) in [5.41, 5.74) is 0. The molecule has 0 N–H and O–H groups in total. The minimum atomic E-state index is 0.862. The molecule has 38 valence electrons. The van der Waals surface area contributed by atoms with Crippen LogP contribution in [0.15, 0.2) is 12.2 Å². The van der Waals surface area contributed by atoms with Crippen LogP contribution in [-0.2, 0) is 0 Å². The second-order valence-corrected chi connectivity index (χ2v) is 2.02. The molecular weight excluding hydrogens is 124 g/mol. The van der Waals surface area contributed by atoms with Crippen LogP contribution in [0.2, 0.25) is 0 Å². The summed E-state index contributed by atoms with van der Waals surface area (Å²) in [5.74, 6) is 0. The Morgan fingerprint density at radius 1 is 1.57 bits per heavy atom. The number of thiocarbonyl (C=S) groups is 2. The number of rotatable bonds is 2. The van der Waals surface area contributed by atoms with Gasteiger partial charge in [0.15, 0.2) is 0 Å². The van der Waals surface area contributed by atoms with Gasteiger partial charge < -0.3 is 0 Å². The molecule has 0 heterocycles. The predicted octanol–water partition coefficient (Wildman–Crippen LogP) is 1.93. The molecule has 0 saturated carbocycles. The van der Waals surface area contributed by atoms with E-state index in [1.165, 1.54) is 5.37 Å². The standard InChI is InChI=1S/C5H6S2/c1-5(7)3-2-4-6/h2-4H,1H3/b3-2-. The molecule has 0 radical (unpaired) electrons. The second kappa shape index (κ2) is 4.09. The Hall–Kier alpha value is -0.0800. The SMILES string of the molecule is CC(=S)/C=C\C=S. The van der Waals surface area contributed by atoms with Crippen molar-refractivity contribution >= 4 is 34.7 Å². The molecule has 0 spiro atoms. The summed E-state index contributed by atoms with van der Waals surface area (Å²) in [6, 6.07) is 0. The highest BCUT2D eigenvalue weighted by molar-refractivity contribution is 7.80. The van der Waals surface area contributed by atoms with Crippen LogP contribution in [0.1, 0.15) is 6.92 Å². The Labute approximate surface area is 54.2 Å². The van der Waals surface area contributed by atoms with Crippen molar-refractivity contribution in [2.75, 3.05) is 0 Å². The van der Waals surface area contributed by atoms with Gasteiger partial charge in [-0.05, 0) is 13.0 Å². The number of allylic oxidation sites excluding steroid dienone is 2. The fourth-order valence-corrected chi connectivity index (χ4v) is 0.332. The Morgan fingerprint density at radius 3 is 2.29 bits per heavy atom. The van der Waals surface area contributed by atoms with E-state index in [4.69, 9.17) is 12.2 Å². The van der Waals surface area contributed by atoms with Crippen LogP contribution in [0, 0.1) is 0 Å². The first-order valence-electron chi connectivity index (χ1n) is 1.90. The van der Waals surface area contributed by atoms with E-state index in [2.05, 4.69) is 12.2 Å². The maximum Gasteiger partial charge on any atom is 0.0121 e. The Balaban J connectivity index is 3.46. The molecule has 0 unspecified atom stereocenters. The van der Waals surface area contributed by atoms with Gasteiger partial charge in [0.05, 0.1) is 0 Å². The zero-order chi connectivity index (χ0) is 5.70. The molecule has 0 aliphatic heterocycles. The molecular formula is C5H6S2. The highest BCUT2D eigenvalue weighted by atomic mass is 32.1. The third-order valence-corrected chi connectivity index (χ3v) is 0.703. The molecule has 0 rings (SSSR count). The molecule has 0 aromatic rings. The zero-order valence-corrected chi connectivity index (χ0v) is 5.68. The monoisotopic (exact) mass is 130 g/mol. The highest BCUT2D eigenvalue weighted by Gasteiger charge is 1.69. The summed E-state index contributed by atoms with van der Waals surface area (Å²) in [6.45, 7) is 1.85. The van der Waals surface area contributed by atoms with E-state index in [9.17, 15) is 0 Å². The zero-order valence-electron chi connectivity index (χ0n) is 4.05. The summed E-state index contributed by atoms with van der Waals surface area (Å²) in [6.07, 6.45) is 3.54. The van der Waals surface area contributed by atoms with Gasteiger partial charge in [0.25, 0.3) is 0 Å². The van der Waals surface area contributed by atoms with Crippen LogP contribution in [0.25, 0.3) is 0 Å². The molecule has 0 amide bonds. The first-order valence-corrected chi connectivity index (χ1v) is 2.77. The topological polar surface area (TPSA) is 0 Å². The van der Waals surface area contributed by atoms with Crippen LogP contribution in [0.5, 0.6) is 0 Å². The van der Waals surface area contributed by atoms with Crippen LogP contribution < -0.4 is 0 Å². The van der Waals surface area contributed by atoms with Crippen molar-refractivity contribution < 1.29 is 0 Å². The first kappa shape index (κ1) is 6.92. The summed E-state index contributed by atoms with van der Waals surface area (Å²) in [4.78, 5) is 0.862. The molecule has 0 bridgehead atoms. The van der Waals surface area contributed by atoms with Gasteiger partial charge in [-0.2, -0.15) is 0 Å². The van der Waals surface area contributed by atoms with E-state index >= 15 is 0 Å². The quantitative estimate of drug-likeness (QED) is 0.414. The first-order chi connectivity index (χ1) is 3.27. The average Bonchev–Trinajstić information content (AvgIpc) is 1.61. The van der Waals surface area contributed by atoms with Crippen molar-refractivity contribution in [3.05, 3.63) is 12.2 Å². The van der Waals surface area contributed by atoms with Crippen molar-refractivity contribution in [1.29, 1.82) is 0 Å². The molecule has 7 heavy (non-hydrogen) atoms. The predicted molar refractivity (Wildman–Crippen MR) is 41.1 cm³/mol. The van der Waals surface area contributed by atoms with Gasteiger partial charge >= 0.3 is 0 Å². The van der Waals surface area contributed by atoms with Gasteiger partial charge in [-0.25, -0.2) is 0 Å². The molecule has 0 aromatic heterocycles. The van der Waals surface area contributed by atoms with Gasteiger partial charge in [0, 0.05) is 10.2 Å². The van der Waals surface area contributed by atoms with Crippen LogP contribution >= 0.6 is 24.4 Å². The maximum absolute atomic E-state index is 4.71. The lowest BCUT2D eigenvalue weighted by atomic mass is 10.4. The van der Waals surface area contributed by atoms with E-state index in [1.807, 2.05) is 6.92 Å². The Morgan fingerprint density at radius 2 is 2.14 bits per heavy atom. The van der Waals surface area contributed by atoms with Crippen molar-refractivity contribution in [3.63, 3.8) is 0 Å². The van der Waals surface area contributed by atoms with Gasteiger partial charge in [-0.3, -0.25) is 0 Å². The number of hydrogen-bond donors (Lipinski definition) is 0. The van der Waals surface area contributed by atoms with Gasteiger partial charge in [0.2, 0.25) is 0 Å². The van der Waals surface area contributed by atoms with Crippen molar-refractivity contribution in [3.8, 4) is 0 Å². The Kier molecular flexibility index (Phi) is 4.04. The Bertz CT molecular complexity index is 103. The summed E-state index contributed by atoms with van der Waals surface area (Å²) in [5, 5.41) is 1.54. The molecule has 0 saturated heterocycles. The van der Waals surface area contributed by atoms with E-state index in [1.54, 1.807) is 12.2 Å². The molecule has 2 heteroatoms. The number of hydrogen-bond acceptors (Lipinski definition) is 2. The highest BCUT2D eigenvalue weighted by Crippen LogP contribution is 1.75. The van der Waals surface area contributed by atoms with Crippen LogP contribution in [0.4, 0.5) is 0 Å². The van der Waals surface area contributed by atoms with Crippen molar-refractivity contribution in [2.45, 2.75) is 6.92 Å². The smallest absolute Gasteiger partial charge is 0.0121 e. The summed E-state index contributed by atoms with van der Waals surface area (Å²) < 4.78 is 0. The van der Waals surface area contributed by atoms with Gasteiger partial charge in [-0.1, -0.05) is 30.5 Å². The van der Waals surface area contributed by atoms with E-state index in [0.29, 0.717) is 0 Å². The average molecular weight is 130 g/mol. The van der Waals surface area contributed by atoms with Crippen LogP contribution in [-0.4, -0.2) is 10.2 Å². The van der Waals surface area contributed by atoms with Gasteiger partial charge in [0.1, 0.15) is 0 Å². The molecule has 0 aliphatic rings. The maximum atomic E-state index is 4.71. The largest absolute Gasteiger partial charge is 0.0887 e. The molecule has 0 atom stereocenters. The van der Waals surface area contributed by atoms with Gasteiger partial charge in [-0.15, -0.1) is 0 Å². The van der Waals surface area contributed by atoms with Crippen molar-refractivity contribution in [2.24, 2.45) is 0 Å². The molecule has 0 aliphatic carbocycles. The summed E-state index contributed by atoms with van der Waals surface area (Å²) in [7, 11) is 0. The fourth-order valence-electron chi connectivity index (χ4n) is 0.175. The fraction of sp³-hybridized carbons (Fsp3) is 0.200.